The first-order valence-electron chi connectivity index (χ1n) is 13.5. The summed E-state index contributed by atoms with van der Waals surface area (Å²) in [7, 11) is 1.75. The Labute approximate surface area is 209 Å². The Kier molecular flexibility index (Phi) is 6.19. The minimum Gasteiger partial charge on any atom is -0.497 e. The molecule has 6 heteroatoms. The number of benzene rings is 2. The van der Waals surface area contributed by atoms with Crippen molar-refractivity contribution in [1.29, 1.82) is 0 Å². The molecule has 0 aromatic heterocycles. The van der Waals surface area contributed by atoms with Gasteiger partial charge in [0.05, 0.1) is 13.3 Å². The van der Waals surface area contributed by atoms with Crippen LogP contribution in [0.1, 0.15) is 49.7 Å². The summed E-state index contributed by atoms with van der Waals surface area (Å²) >= 11 is 0. The SMILES string of the molecule is COc1ccc2c(c1)N(CCCN1CCC3(CC1)C(=O)NC1CCCCN13)c1ccccc1CC2. The molecule has 0 radical (unpaired) electrons. The number of carbonyl (C=O) groups is 1. The van der Waals surface area contributed by atoms with Gasteiger partial charge in [-0.15, -0.1) is 0 Å². The van der Waals surface area contributed by atoms with E-state index in [4.69, 9.17) is 4.74 Å². The number of piperidine rings is 2. The summed E-state index contributed by atoms with van der Waals surface area (Å²) in [6, 6.07) is 15.4. The van der Waals surface area contributed by atoms with E-state index in [-0.39, 0.29) is 17.6 Å². The quantitative estimate of drug-likeness (QED) is 0.707. The second kappa shape index (κ2) is 9.47. The minimum atomic E-state index is -0.249. The van der Waals surface area contributed by atoms with E-state index in [0.717, 1.165) is 77.0 Å². The van der Waals surface area contributed by atoms with Crippen LogP contribution in [0, 0.1) is 0 Å². The molecule has 1 atom stereocenters. The molecule has 2 aromatic carbocycles. The number of aryl methyl sites for hydroxylation is 2. The number of anilines is 2. The van der Waals surface area contributed by atoms with E-state index in [9.17, 15) is 4.79 Å². The smallest absolute Gasteiger partial charge is 0.241 e. The fourth-order valence-electron chi connectivity index (χ4n) is 6.88. The third-order valence-corrected chi connectivity index (χ3v) is 8.84. The fraction of sp³-hybridized carbons (Fsp3) is 0.552. The number of ether oxygens (including phenoxy) is 1. The summed E-state index contributed by atoms with van der Waals surface area (Å²) in [5, 5.41) is 3.30. The molecule has 4 aliphatic heterocycles. The average molecular weight is 475 g/mol. The highest BCUT2D eigenvalue weighted by atomic mass is 16.5. The van der Waals surface area contributed by atoms with Gasteiger partial charge in [0.2, 0.25) is 5.91 Å². The molecule has 0 bridgehead atoms. The number of methoxy groups -OCH3 is 1. The van der Waals surface area contributed by atoms with Crippen molar-refractivity contribution in [2.24, 2.45) is 0 Å². The topological polar surface area (TPSA) is 48.1 Å². The third-order valence-electron chi connectivity index (χ3n) is 8.84. The van der Waals surface area contributed by atoms with Crippen molar-refractivity contribution in [3.63, 3.8) is 0 Å². The summed E-state index contributed by atoms with van der Waals surface area (Å²) < 4.78 is 5.58. The molecule has 1 N–H and O–H groups in total. The number of fused-ring (bicyclic) bond motifs is 4. The zero-order chi connectivity index (χ0) is 23.8. The van der Waals surface area contributed by atoms with Crippen LogP contribution in [0.25, 0.3) is 0 Å². The number of hydrogen-bond acceptors (Lipinski definition) is 5. The molecule has 4 heterocycles. The lowest BCUT2D eigenvalue weighted by molar-refractivity contribution is -0.129. The molecule has 1 spiro atoms. The van der Waals surface area contributed by atoms with Crippen molar-refractivity contribution < 1.29 is 9.53 Å². The van der Waals surface area contributed by atoms with E-state index in [1.807, 2.05) is 0 Å². The van der Waals surface area contributed by atoms with Crippen molar-refractivity contribution in [3.05, 3.63) is 53.6 Å². The van der Waals surface area contributed by atoms with Gasteiger partial charge in [-0.2, -0.15) is 0 Å². The zero-order valence-corrected chi connectivity index (χ0v) is 21.0. The average Bonchev–Trinajstić information content (AvgIpc) is 3.07. The lowest BCUT2D eigenvalue weighted by atomic mass is 9.85. The molecular formula is C29H38N4O2. The van der Waals surface area contributed by atoms with Gasteiger partial charge in [-0.3, -0.25) is 9.69 Å². The summed E-state index contributed by atoms with van der Waals surface area (Å²) in [5.74, 6) is 1.20. The van der Waals surface area contributed by atoms with Crippen molar-refractivity contribution in [3.8, 4) is 5.75 Å². The van der Waals surface area contributed by atoms with Crippen LogP contribution in [0.2, 0.25) is 0 Å². The Morgan fingerprint density at radius 3 is 2.60 bits per heavy atom. The standard InChI is InChI=1S/C29H38N4O2/c1-35-24-13-12-23-11-10-22-7-2-3-8-25(22)32(26(23)21-24)17-6-16-31-19-14-29(15-20-31)28(34)30-27-9-4-5-18-33(27)29/h2-3,7-8,12-13,21,27H,4-6,9-11,14-20H2,1H3,(H,30,34). The van der Waals surface area contributed by atoms with Gasteiger partial charge in [0.25, 0.3) is 0 Å². The van der Waals surface area contributed by atoms with Crippen LogP contribution in [-0.4, -0.2) is 67.2 Å². The molecular weight excluding hydrogens is 436 g/mol. The van der Waals surface area contributed by atoms with Crippen LogP contribution >= 0.6 is 0 Å². The van der Waals surface area contributed by atoms with Gasteiger partial charge >= 0.3 is 0 Å². The lowest BCUT2D eigenvalue weighted by Gasteiger charge is -2.45. The fourth-order valence-corrected chi connectivity index (χ4v) is 6.88. The predicted octanol–water partition coefficient (Wildman–Crippen LogP) is 4.10. The Morgan fingerprint density at radius 1 is 0.971 bits per heavy atom. The van der Waals surface area contributed by atoms with Gasteiger partial charge < -0.3 is 19.9 Å². The van der Waals surface area contributed by atoms with Crippen LogP contribution in [0.4, 0.5) is 11.4 Å². The summed E-state index contributed by atoms with van der Waals surface area (Å²) in [4.78, 5) is 20.6. The highest BCUT2D eigenvalue weighted by Gasteiger charge is 2.54. The van der Waals surface area contributed by atoms with E-state index in [1.54, 1.807) is 7.11 Å². The molecule has 6 nitrogen and oxygen atoms in total. The van der Waals surface area contributed by atoms with Crippen molar-refractivity contribution in [2.45, 2.75) is 63.1 Å². The van der Waals surface area contributed by atoms with Crippen LogP contribution in [-0.2, 0) is 17.6 Å². The maximum absolute atomic E-state index is 13.0. The molecule has 3 fully saturated rings. The Bertz CT molecular complexity index is 1080. The van der Waals surface area contributed by atoms with Crippen LogP contribution in [0.5, 0.6) is 5.75 Å². The van der Waals surface area contributed by atoms with E-state index < -0.39 is 0 Å². The first-order chi connectivity index (χ1) is 17.2. The van der Waals surface area contributed by atoms with Gasteiger partial charge in [-0.05, 0) is 81.2 Å². The number of nitrogens with zero attached hydrogens (tertiary/aromatic N) is 3. The number of para-hydroxylation sites is 1. The second-order valence-electron chi connectivity index (χ2n) is 10.7. The predicted molar refractivity (Wildman–Crippen MR) is 139 cm³/mol. The third kappa shape index (κ3) is 4.11. The van der Waals surface area contributed by atoms with Gasteiger partial charge in [0, 0.05) is 43.6 Å². The van der Waals surface area contributed by atoms with Crippen molar-refractivity contribution in [2.75, 3.05) is 44.7 Å². The maximum Gasteiger partial charge on any atom is 0.241 e. The van der Waals surface area contributed by atoms with Gasteiger partial charge in [0.1, 0.15) is 11.3 Å². The first kappa shape index (κ1) is 22.9. The Balaban J connectivity index is 1.13. The number of rotatable bonds is 5. The number of hydrogen-bond donors (Lipinski definition) is 1. The minimum absolute atomic E-state index is 0.249. The molecule has 1 unspecified atom stereocenters. The Morgan fingerprint density at radius 2 is 1.77 bits per heavy atom. The molecule has 35 heavy (non-hydrogen) atoms. The van der Waals surface area contributed by atoms with E-state index in [0.29, 0.717) is 0 Å². The van der Waals surface area contributed by atoms with E-state index in [2.05, 4.69) is 62.5 Å². The van der Waals surface area contributed by atoms with Gasteiger partial charge in [-0.25, -0.2) is 0 Å². The number of carbonyl (C=O) groups excluding carboxylic acids is 1. The zero-order valence-electron chi connectivity index (χ0n) is 21.0. The first-order valence-corrected chi connectivity index (χ1v) is 13.5. The molecule has 186 valence electrons. The normalized spacial score (nSPS) is 23.9. The second-order valence-corrected chi connectivity index (χ2v) is 10.7. The molecule has 1 amide bonds. The van der Waals surface area contributed by atoms with Crippen molar-refractivity contribution >= 4 is 17.3 Å². The van der Waals surface area contributed by atoms with Gasteiger partial charge in [-0.1, -0.05) is 24.3 Å². The van der Waals surface area contributed by atoms with Crippen LogP contribution in [0.3, 0.4) is 0 Å². The molecule has 6 rings (SSSR count). The summed E-state index contributed by atoms with van der Waals surface area (Å²) in [6.45, 7) is 5.14. The van der Waals surface area contributed by atoms with E-state index in [1.165, 1.54) is 35.3 Å². The highest BCUT2D eigenvalue weighted by Crippen LogP contribution is 2.40. The molecule has 0 saturated carbocycles. The largest absolute Gasteiger partial charge is 0.497 e. The monoisotopic (exact) mass is 474 g/mol. The molecule has 4 aliphatic rings. The van der Waals surface area contributed by atoms with Crippen molar-refractivity contribution in [1.82, 2.24) is 15.1 Å². The summed E-state index contributed by atoms with van der Waals surface area (Å²) in [6.07, 6.45) is 8.99. The molecule has 0 aliphatic carbocycles. The number of likely N-dealkylation sites (tertiary alicyclic amines) is 1. The van der Waals surface area contributed by atoms with Gasteiger partial charge in [0.15, 0.2) is 0 Å². The van der Waals surface area contributed by atoms with Crippen LogP contribution < -0.4 is 15.0 Å². The highest BCUT2D eigenvalue weighted by molar-refractivity contribution is 5.89. The lowest BCUT2D eigenvalue weighted by Crippen LogP contribution is -2.58. The van der Waals surface area contributed by atoms with Crippen LogP contribution in [0.15, 0.2) is 42.5 Å². The number of nitrogens with one attached hydrogen (secondary N) is 1. The maximum atomic E-state index is 13.0. The number of amides is 1. The molecule has 3 saturated heterocycles. The summed E-state index contributed by atoms with van der Waals surface area (Å²) in [5.41, 5.74) is 5.18. The molecule has 2 aromatic rings. The Hall–Kier alpha value is -2.57. The van der Waals surface area contributed by atoms with E-state index >= 15 is 0 Å².